The number of hydrogen-bond donors (Lipinski definition) is 3. The molecule has 0 aromatic carbocycles. The molecule has 1 fully saturated rings. The molecule has 0 saturated carbocycles. The minimum absolute atomic E-state index is 0.262. The summed E-state index contributed by atoms with van der Waals surface area (Å²) in [5.41, 5.74) is 3.13. The Morgan fingerprint density at radius 1 is 0.833 bits per heavy atom. The predicted octanol–water partition coefficient (Wildman–Crippen LogP) is 6.10. The molecule has 0 spiro atoms. The van der Waals surface area contributed by atoms with Gasteiger partial charge in [-0.25, -0.2) is 5.01 Å². The standard InChI is InChI=1S/C30H51N5S/c1-22(2)19-25(7)31-29(15-11-9-12-16-29)34-21-27(24(5)6)28(36)35(33-34)30(17-13-10-14-18-30)32-26(8)20-23(3)4/h9-15,17,22-27,31-33H,16,18-21H2,1-8H3/t25?,26?,27-,29?,30?/m1/s1. The van der Waals surface area contributed by atoms with Crippen LogP contribution < -0.4 is 16.2 Å². The van der Waals surface area contributed by atoms with Crippen molar-refractivity contribution >= 4 is 17.2 Å². The fourth-order valence-electron chi connectivity index (χ4n) is 6.01. The highest BCUT2D eigenvalue weighted by atomic mass is 32.1. The molecule has 0 aromatic heterocycles. The Hall–Kier alpha value is -1.31. The van der Waals surface area contributed by atoms with Crippen LogP contribution in [-0.4, -0.2) is 45.0 Å². The normalized spacial score (nSPS) is 30.7. The van der Waals surface area contributed by atoms with Gasteiger partial charge in [-0.2, -0.15) is 5.53 Å². The quantitative estimate of drug-likeness (QED) is 0.290. The van der Waals surface area contributed by atoms with Gasteiger partial charge in [0.1, 0.15) is 16.3 Å². The van der Waals surface area contributed by atoms with Crippen molar-refractivity contribution in [3.8, 4) is 0 Å². The Balaban J connectivity index is 1.98. The first kappa shape index (κ1) is 29.2. The minimum Gasteiger partial charge on any atom is -0.292 e. The summed E-state index contributed by atoms with van der Waals surface area (Å²) in [5.74, 6) is 1.97. The van der Waals surface area contributed by atoms with Crippen molar-refractivity contribution in [1.82, 2.24) is 26.2 Å². The van der Waals surface area contributed by atoms with Crippen LogP contribution in [-0.2, 0) is 0 Å². The fraction of sp³-hybridized carbons (Fsp3) is 0.700. The van der Waals surface area contributed by atoms with Gasteiger partial charge in [-0.1, -0.05) is 90.2 Å². The first-order valence-electron chi connectivity index (χ1n) is 14.1. The van der Waals surface area contributed by atoms with E-state index in [4.69, 9.17) is 12.2 Å². The first-order valence-corrected chi connectivity index (χ1v) is 14.5. The van der Waals surface area contributed by atoms with Gasteiger partial charge in [0, 0.05) is 37.4 Å². The maximum Gasteiger partial charge on any atom is 0.131 e. The number of thiocarbonyl (C=S) groups is 1. The number of hydrogen-bond acceptors (Lipinski definition) is 5. The largest absolute Gasteiger partial charge is 0.292 e. The number of hydrazine groups is 2. The molecule has 202 valence electrons. The van der Waals surface area contributed by atoms with Gasteiger partial charge in [-0.15, -0.1) is 0 Å². The predicted molar refractivity (Wildman–Crippen MR) is 158 cm³/mol. The van der Waals surface area contributed by atoms with Gasteiger partial charge >= 0.3 is 0 Å². The second kappa shape index (κ2) is 12.5. The van der Waals surface area contributed by atoms with Gasteiger partial charge in [0.2, 0.25) is 0 Å². The van der Waals surface area contributed by atoms with Crippen LogP contribution in [0.5, 0.6) is 0 Å². The molecule has 1 aliphatic heterocycles. The van der Waals surface area contributed by atoms with Crippen molar-refractivity contribution in [2.45, 2.75) is 104 Å². The van der Waals surface area contributed by atoms with E-state index in [0.29, 0.717) is 29.8 Å². The van der Waals surface area contributed by atoms with E-state index in [-0.39, 0.29) is 11.6 Å². The lowest BCUT2D eigenvalue weighted by Crippen LogP contribution is -2.78. The monoisotopic (exact) mass is 513 g/mol. The number of nitrogens with one attached hydrogen (secondary N) is 3. The van der Waals surface area contributed by atoms with E-state index in [1.54, 1.807) is 0 Å². The second-order valence-electron chi connectivity index (χ2n) is 12.4. The average Bonchev–Trinajstić information content (AvgIpc) is 2.78. The lowest BCUT2D eigenvalue weighted by molar-refractivity contribution is -0.0912. The number of allylic oxidation sites excluding steroid dienone is 4. The molecule has 5 atom stereocenters. The van der Waals surface area contributed by atoms with Crippen LogP contribution in [0.4, 0.5) is 0 Å². The van der Waals surface area contributed by atoms with Gasteiger partial charge < -0.3 is 0 Å². The zero-order chi connectivity index (χ0) is 26.5. The highest BCUT2D eigenvalue weighted by Gasteiger charge is 2.48. The van der Waals surface area contributed by atoms with Crippen LogP contribution in [0.15, 0.2) is 48.6 Å². The van der Waals surface area contributed by atoms with Crippen molar-refractivity contribution in [2.75, 3.05) is 6.54 Å². The Bertz CT molecular complexity index is 859. The Morgan fingerprint density at radius 2 is 1.33 bits per heavy atom. The van der Waals surface area contributed by atoms with Crippen molar-refractivity contribution < 1.29 is 0 Å². The molecule has 0 bridgehead atoms. The number of rotatable bonds is 11. The molecule has 3 N–H and O–H groups in total. The van der Waals surface area contributed by atoms with Crippen LogP contribution in [0.3, 0.4) is 0 Å². The molecule has 6 heteroatoms. The zero-order valence-corrected chi connectivity index (χ0v) is 24.7. The van der Waals surface area contributed by atoms with Gasteiger partial charge in [-0.05, 0) is 56.6 Å². The lowest BCUT2D eigenvalue weighted by atomic mass is 9.89. The molecular formula is C30H51N5S. The van der Waals surface area contributed by atoms with Gasteiger partial charge in [0.15, 0.2) is 0 Å². The molecule has 1 heterocycles. The van der Waals surface area contributed by atoms with Crippen LogP contribution in [0.2, 0.25) is 0 Å². The minimum atomic E-state index is -0.412. The maximum atomic E-state index is 6.24. The third kappa shape index (κ3) is 6.96. The summed E-state index contributed by atoms with van der Waals surface area (Å²) >= 11 is 6.24. The molecule has 4 unspecified atom stereocenters. The zero-order valence-electron chi connectivity index (χ0n) is 23.9. The molecule has 0 radical (unpaired) electrons. The first-order chi connectivity index (χ1) is 17.0. The summed E-state index contributed by atoms with van der Waals surface area (Å²) in [7, 11) is 0. The summed E-state index contributed by atoms with van der Waals surface area (Å²) in [6, 6.07) is 0.743. The summed E-state index contributed by atoms with van der Waals surface area (Å²) in [5, 5.41) is 12.7. The third-order valence-electron chi connectivity index (χ3n) is 7.56. The molecular weight excluding hydrogens is 462 g/mol. The second-order valence-corrected chi connectivity index (χ2v) is 12.8. The Morgan fingerprint density at radius 3 is 1.78 bits per heavy atom. The van der Waals surface area contributed by atoms with E-state index in [1.165, 1.54) is 0 Å². The van der Waals surface area contributed by atoms with Gasteiger partial charge in [-0.3, -0.25) is 15.6 Å². The Labute approximate surface area is 226 Å². The van der Waals surface area contributed by atoms with Crippen LogP contribution in [0, 0.1) is 23.7 Å². The van der Waals surface area contributed by atoms with E-state index < -0.39 is 5.66 Å². The van der Waals surface area contributed by atoms with E-state index in [9.17, 15) is 0 Å². The van der Waals surface area contributed by atoms with Gasteiger partial charge in [0.25, 0.3) is 0 Å². The molecule has 2 aliphatic carbocycles. The maximum absolute atomic E-state index is 6.24. The van der Waals surface area contributed by atoms with E-state index in [1.807, 2.05) is 0 Å². The smallest absolute Gasteiger partial charge is 0.131 e. The Kier molecular flexibility index (Phi) is 10.1. The van der Waals surface area contributed by atoms with Crippen molar-refractivity contribution in [2.24, 2.45) is 23.7 Å². The molecule has 5 nitrogen and oxygen atoms in total. The topological polar surface area (TPSA) is 42.6 Å². The van der Waals surface area contributed by atoms with Crippen molar-refractivity contribution in [3.63, 3.8) is 0 Å². The molecule has 0 aromatic rings. The van der Waals surface area contributed by atoms with Crippen LogP contribution in [0.25, 0.3) is 0 Å². The third-order valence-corrected chi connectivity index (χ3v) is 8.05. The highest BCUT2D eigenvalue weighted by Crippen LogP contribution is 2.34. The number of nitrogens with zero attached hydrogens (tertiary/aromatic N) is 2. The van der Waals surface area contributed by atoms with Crippen molar-refractivity contribution in [1.29, 1.82) is 0 Å². The van der Waals surface area contributed by atoms with E-state index >= 15 is 0 Å². The van der Waals surface area contributed by atoms with Crippen molar-refractivity contribution in [3.05, 3.63) is 48.6 Å². The fourth-order valence-corrected chi connectivity index (χ4v) is 6.56. The SMILES string of the molecule is CC(C)CC(C)NC1(N2C[C@H](C(C)C)C(=S)N(C3(NC(C)CC(C)C)C=CC=CC3)N2)C=CC=CC1. The molecule has 0 amide bonds. The summed E-state index contributed by atoms with van der Waals surface area (Å²) in [6.45, 7) is 19.2. The lowest BCUT2D eigenvalue weighted by Gasteiger charge is -2.57. The van der Waals surface area contributed by atoms with Crippen LogP contribution >= 0.6 is 12.2 Å². The molecule has 3 aliphatic rings. The molecule has 3 rings (SSSR count). The van der Waals surface area contributed by atoms with Gasteiger partial charge in [0.05, 0.1) is 0 Å². The molecule has 1 saturated heterocycles. The van der Waals surface area contributed by atoms with E-state index in [0.717, 1.165) is 37.2 Å². The summed E-state index contributed by atoms with van der Waals surface area (Å²) < 4.78 is 0. The highest BCUT2D eigenvalue weighted by molar-refractivity contribution is 7.80. The molecule has 36 heavy (non-hydrogen) atoms. The van der Waals surface area contributed by atoms with E-state index in [2.05, 4.69) is 130 Å². The summed E-state index contributed by atoms with van der Waals surface area (Å²) in [4.78, 5) is 0.992. The van der Waals surface area contributed by atoms with Crippen LogP contribution in [0.1, 0.15) is 81.1 Å². The average molecular weight is 514 g/mol. The summed E-state index contributed by atoms with van der Waals surface area (Å²) in [6.07, 6.45) is 21.8.